The Balaban J connectivity index is 2.26. The SMILES string of the molecule is CCCN1CCCC(CNC)C1c1csc(C(C)(C)C)n1. The van der Waals surface area contributed by atoms with E-state index in [4.69, 9.17) is 4.98 Å². The number of aromatic nitrogens is 1. The first-order valence-electron chi connectivity index (χ1n) is 8.32. The molecule has 1 fully saturated rings. The third-order valence-corrected chi connectivity index (χ3v) is 5.59. The molecule has 0 amide bonds. The van der Waals surface area contributed by atoms with Crippen LogP contribution in [0.4, 0.5) is 0 Å². The zero-order chi connectivity index (χ0) is 15.5. The highest BCUT2D eigenvalue weighted by molar-refractivity contribution is 7.09. The van der Waals surface area contributed by atoms with Crippen LogP contribution in [0.1, 0.15) is 63.7 Å². The monoisotopic (exact) mass is 309 g/mol. The fraction of sp³-hybridized carbons (Fsp3) is 0.824. The highest BCUT2D eigenvalue weighted by atomic mass is 32.1. The summed E-state index contributed by atoms with van der Waals surface area (Å²) in [6.07, 6.45) is 3.85. The van der Waals surface area contributed by atoms with E-state index in [1.54, 1.807) is 0 Å². The molecule has 1 aliphatic heterocycles. The van der Waals surface area contributed by atoms with Gasteiger partial charge in [-0.1, -0.05) is 27.7 Å². The van der Waals surface area contributed by atoms with Gasteiger partial charge in [-0.3, -0.25) is 4.90 Å². The molecule has 1 aromatic heterocycles. The average Bonchev–Trinajstić information content (AvgIpc) is 2.89. The van der Waals surface area contributed by atoms with E-state index in [-0.39, 0.29) is 5.41 Å². The molecule has 1 aliphatic rings. The lowest BCUT2D eigenvalue weighted by atomic mass is 9.87. The lowest BCUT2D eigenvalue weighted by Crippen LogP contribution is -2.42. The third-order valence-electron chi connectivity index (χ3n) is 4.30. The molecule has 2 unspecified atom stereocenters. The van der Waals surface area contributed by atoms with Gasteiger partial charge in [0.05, 0.1) is 16.7 Å². The standard InChI is InChI=1S/C17H31N3S/c1-6-9-20-10-7-8-13(11-18-5)15(20)14-12-21-16(19-14)17(2,3)4/h12-13,15,18H,6-11H2,1-5H3. The summed E-state index contributed by atoms with van der Waals surface area (Å²) < 4.78 is 0. The second kappa shape index (κ2) is 7.21. The van der Waals surface area contributed by atoms with Gasteiger partial charge in [0.2, 0.25) is 0 Å². The van der Waals surface area contributed by atoms with Crippen molar-refractivity contribution in [1.29, 1.82) is 0 Å². The van der Waals surface area contributed by atoms with Gasteiger partial charge in [0.15, 0.2) is 0 Å². The van der Waals surface area contributed by atoms with Crippen LogP contribution in [0.2, 0.25) is 0 Å². The lowest BCUT2D eigenvalue weighted by molar-refractivity contribution is 0.0897. The summed E-state index contributed by atoms with van der Waals surface area (Å²) in [4.78, 5) is 7.68. The van der Waals surface area contributed by atoms with Crippen LogP contribution in [0.25, 0.3) is 0 Å². The van der Waals surface area contributed by atoms with Gasteiger partial charge in [-0.05, 0) is 51.9 Å². The predicted octanol–water partition coefficient (Wildman–Crippen LogP) is 3.82. The van der Waals surface area contributed by atoms with E-state index in [1.165, 1.54) is 43.1 Å². The Morgan fingerprint density at radius 3 is 2.76 bits per heavy atom. The van der Waals surface area contributed by atoms with Crippen LogP contribution in [0.15, 0.2) is 5.38 Å². The summed E-state index contributed by atoms with van der Waals surface area (Å²) in [5.74, 6) is 0.685. The summed E-state index contributed by atoms with van der Waals surface area (Å²) in [6.45, 7) is 12.5. The third kappa shape index (κ3) is 4.05. The molecule has 0 aliphatic carbocycles. The minimum Gasteiger partial charge on any atom is -0.319 e. The van der Waals surface area contributed by atoms with Crippen molar-refractivity contribution in [3.63, 3.8) is 0 Å². The number of nitrogens with one attached hydrogen (secondary N) is 1. The van der Waals surface area contributed by atoms with E-state index in [2.05, 4.69) is 50.3 Å². The number of likely N-dealkylation sites (tertiary alicyclic amines) is 1. The Morgan fingerprint density at radius 2 is 2.19 bits per heavy atom. The van der Waals surface area contributed by atoms with E-state index < -0.39 is 0 Å². The largest absolute Gasteiger partial charge is 0.319 e. The van der Waals surface area contributed by atoms with Crippen LogP contribution < -0.4 is 5.32 Å². The summed E-state index contributed by atoms with van der Waals surface area (Å²) in [7, 11) is 2.07. The summed E-state index contributed by atoms with van der Waals surface area (Å²) in [5, 5.41) is 6.96. The summed E-state index contributed by atoms with van der Waals surface area (Å²) in [6, 6.07) is 0.499. The van der Waals surface area contributed by atoms with Gasteiger partial charge in [0.1, 0.15) is 0 Å². The number of piperidine rings is 1. The molecule has 1 N–H and O–H groups in total. The first kappa shape index (κ1) is 16.9. The van der Waals surface area contributed by atoms with Crippen LogP contribution in [0.3, 0.4) is 0 Å². The molecule has 1 aromatic rings. The highest BCUT2D eigenvalue weighted by Gasteiger charge is 2.34. The van der Waals surface area contributed by atoms with Crippen LogP contribution >= 0.6 is 11.3 Å². The molecular weight excluding hydrogens is 278 g/mol. The molecule has 0 aromatic carbocycles. The van der Waals surface area contributed by atoms with Gasteiger partial charge >= 0.3 is 0 Å². The average molecular weight is 310 g/mol. The molecular formula is C17H31N3S. The summed E-state index contributed by atoms with van der Waals surface area (Å²) >= 11 is 1.83. The van der Waals surface area contributed by atoms with Crippen LogP contribution in [-0.2, 0) is 5.41 Å². The number of thiazole rings is 1. The van der Waals surface area contributed by atoms with E-state index >= 15 is 0 Å². The van der Waals surface area contributed by atoms with Crippen molar-refractivity contribution in [2.45, 2.75) is 58.4 Å². The number of nitrogens with zero attached hydrogens (tertiary/aromatic N) is 2. The minimum atomic E-state index is 0.158. The number of hydrogen-bond donors (Lipinski definition) is 1. The number of hydrogen-bond acceptors (Lipinski definition) is 4. The first-order valence-corrected chi connectivity index (χ1v) is 9.20. The van der Waals surface area contributed by atoms with Crippen molar-refractivity contribution >= 4 is 11.3 Å². The van der Waals surface area contributed by atoms with E-state index in [0.717, 1.165) is 6.54 Å². The Kier molecular flexibility index (Phi) is 5.81. The van der Waals surface area contributed by atoms with Gasteiger partial charge in [-0.2, -0.15) is 0 Å². The van der Waals surface area contributed by atoms with Crippen LogP contribution in [-0.4, -0.2) is 36.6 Å². The minimum absolute atomic E-state index is 0.158. The maximum atomic E-state index is 5.02. The predicted molar refractivity (Wildman–Crippen MR) is 92.1 cm³/mol. The Bertz CT molecular complexity index is 417. The van der Waals surface area contributed by atoms with Crippen molar-refractivity contribution < 1.29 is 0 Å². The fourth-order valence-electron chi connectivity index (χ4n) is 3.36. The van der Waals surface area contributed by atoms with Gasteiger partial charge in [0, 0.05) is 10.8 Å². The molecule has 0 spiro atoms. The van der Waals surface area contributed by atoms with Crippen molar-refractivity contribution in [2.24, 2.45) is 5.92 Å². The molecule has 4 heteroatoms. The lowest BCUT2D eigenvalue weighted by Gasteiger charge is -2.40. The van der Waals surface area contributed by atoms with Crippen LogP contribution in [0.5, 0.6) is 0 Å². The molecule has 21 heavy (non-hydrogen) atoms. The van der Waals surface area contributed by atoms with Crippen molar-refractivity contribution in [2.75, 3.05) is 26.7 Å². The quantitative estimate of drug-likeness (QED) is 0.896. The zero-order valence-corrected chi connectivity index (χ0v) is 15.1. The highest BCUT2D eigenvalue weighted by Crippen LogP contribution is 2.37. The van der Waals surface area contributed by atoms with Crippen LogP contribution in [0, 0.1) is 5.92 Å². The van der Waals surface area contributed by atoms with Crippen molar-refractivity contribution in [1.82, 2.24) is 15.2 Å². The van der Waals surface area contributed by atoms with E-state index in [0.29, 0.717) is 12.0 Å². The maximum Gasteiger partial charge on any atom is 0.0982 e. The molecule has 2 heterocycles. The molecule has 0 radical (unpaired) electrons. The fourth-order valence-corrected chi connectivity index (χ4v) is 4.30. The molecule has 0 bridgehead atoms. The molecule has 1 saturated heterocycles. The molecule has 3 nitrogen and oxygen atoms in total. The Morgan fingerprint density at radius 1 is 1.43 bits per heavy atom. The van der Waals surface area contributed by atoms with Gasteiger partial charge in [-0.15, -0.1) is 11.3 Å². The number of rotatable bonds is 5. The van der Waals surface area contributed by atoms with E-state index in [1.807, 2.05) is 11.3 Å². The van der Waals surface area contributed by atoms with Gasteiger partial charge < -0.3 is 5.32 Å². The maximum absolute atomic E-state index is 5.02. The second-order valence-electron chi connectivity index (χ2n) is 7.27. The Labute approximate surface area is 134 Å². The molecule has 0 saturated carbocycles. The molecule has 2 rings (SSSR count). The smallest absolute Gasteiger partial charge is 0.0982 e. The van der Waals surface area contributed by atoms with Gasteiger partial charge in [0.25, 0.3) is 0 Å². The van der Waals surface area contributed by atoms with Gasteiger partial charge in [-0.25, -0.2) is 4.98 Å². The molecule has 2 atom stereocenters. The first-order chi connectivity index (χ1) is 9.97. The molecule has 120 valence electrons. The van der Waals surface area contributed by atoms with Crippen molar-refractivity contribution in [3.05, 3.63) is 16.1 Å². The normalized spacial score (nSPS) is 24.4. The Hall–Kier alpha value is -0.450. The zero-order valence-electron chi connectivity index (χ0n) is 14.3. The van der Waals surface area contributed by atoms with E-state index in [9.17, 15) is 0 Å². The summed E-state index contributed by atoms with van der Waals surface area (Å²) in [5.41, 5.74) is 1.46. The topological polar surface area (TPSA) is 28.2 Å². The second-order valence-corrected chi connectivity index (χ2v) is 8.13. The van der Waals surface area contributed by atoms with Crippen molar-refractivity contribution in [3.8, 4) is 0 Å².